The van der Waals surface area contributed by atoms with Gasteiger partial charge in [0, 0.05) is 13.0 Å². The number of hydrogen-bond acceptors (Lipinski definition) is 5. The molecule has 2 aromatic carbocycles. The van der Waals surface area contributed by atoms with Crippen molar-refractivity contribution in [2.75, 3.05) is 7.11 Å². The van der Waals surface area contributed by atoms with E-state index in [0.717, 1.165) is 10.6 Å². The van der Waals surface area contributed by atoms with Gasteiger partial charge in [-0.1, -0.05) is 54.1 Å². The fraction of sp³-hybridized carbons (Fsp3) is 0.222. The normalized spacial score (nSPS) is 11.7. The molecule has 0 unspecified atom stereocenters. The van der Waals surface area contributed by atoms with Crippen molar-refractivity contribution < 1.29 is 14.3 Å². The van der Waals surface area contributed by atoms with E-state index in [2.05, 4.69) is 0 Å². The minimum atomic E-state index is -0.984. The summed E-state index contributed by atoms with van der Waals surface area (Å²) in [5, 5.41) is 1.09. The fourth-order valence-corrected chi connectivity index (χ4v) is 2.79. The maximum absolute atomic E-state index is 12.9. The first-order valence-electron chi connectivity index (χ1n) is 7.67. The Morgan fingerprint density at radius 3 is 2.44 bits per heavy atom. The van der Waals surface area contributed by atoms with E-state index in [1.54, 1.807) is 18.2 Å². The van der Waals surface area contributed by atoms with Crippen LogP contribution in [0.3, 0.4) is 0 Å². The van der Waals surface area contributed by atoms with Crippen LogP contribution in [0.1, 0.15) is 21.5 Å². The van der Waals surface area contributed by atoms with E-state index in [1.807, 2.05) is 30.3 Å². The number of hydrogen-bond donors (Lipinski definition) is 2. The molecule has 0 aliphatic heterocycles. The molecule has 0 saturated carbocycles. The van der Waals surface area contributed by atoms with Gasteiger partial charge in [0.25, 0.3) is 5.91 Å². The van der Waals surface area contributed by atoms with E-state index in [-0.39, 0.29) is 23.6 Å². The average molecular weight is 362 g/mol. The highest BCUT2D eigenvalue weighted by Crippen LogP contribution is 2.22. The highest BCUT2D eigenvalue weighted by Gasteiger charge is 2.31. The summed E-state index contributed by atoms with van der Waals surface area (Å²) >= 11 is 6.15. The summed E-state index contributed by atoms with van der Waals surface area (Å²) in [4.78, 5) is 25.0. The highest BCUT2D eigenvalue weighted by molar-refractivity contribution is 6.34. The Kier molecular flexibility index (Phi) is 6.52. The summed E-state index contributed by atoms with van der Waals surface area (Å²) in [6.45, 7) is 0.122. The monoisotopic (exact) mass is 361 g/mol. The van der Waals surface area contributed by atoms with Crippen LogP contribution in [-0.4, -0.2) is 30.0 Å². The zero-order valence-electron chi connectivity index (χ0n) is 13.8. The first-order chi connectivity index (χ1) is 12.0. The molecule has 0 spiro atoms. The van der Waals surface area contributed by atoms with Crippen LogP contribution in [0.2, 0.25) is 5.02 Å². The van der Waals surface area contributed by atoms with E-state index in [4.69, 9.17) is 27.9 Å². The van der Waals surface area contributed by atoms with Gasteiger partial charge in [0.2, 0.25) is 0 Å². The van der Waals surface area contributed by atoms with E-state index in [9.17, 15) is 9.59 Å². The summed E-state index contributed by atoms with van der Waals surface area (Å²) in [5.74, 6) is 4.80. The van der Waals surface area contributed by atoms with E-state index < -0.39 is 17.9 Å². The Hall–Kier alpha value is -2.41. The summed E-state index contributed by atoms with van der Waals surface area (Å²) in [6.07, 6.45) is 0.220. The van der Waals surface area contributed by atoms with Gasteiger partial charge in [0.05, 0.1) is 17.7 Å². The molecular formula is C18H20ClN3O3. The molecule has 0 saturated heterocycles. The lowest BCUT2D eigenvalue weighted by Gasteiger charge is -2.26. The van der Waals surface area contributed by atoms with Crippen molar-refractivity contribution in [3.05, 3.63) is 70.2 Å². The number of rotatable bonds is 6. The van der Waals surface area contributed by atoms with Crippen molar-refractivity contribution in [2.24, 2.45) is 11.6 Å². The zero-order valence-corrected chi connectivity index (χ0v) is 14.6. The number of carbonyl (C=O) groups excluding carboxylic acids is 2. The smallest absolute Gasteiger partial charge is 0.330 e. The Morgan fingerprint density at radius 1 is 1.16 bits per heavy atom. The quantitative estimate of drug-likeness (QED) is 0.354. The van der Waals surface area contributed by atoms with Gasteiger partial charge in [0.15, 0.2) is 0 Å². The van der Waals surface area contributed by atoms with Gasteiger partial charge in [-0.25, -0.2) is 10.6 Å². The predicted octanol–water partition coefficient (Wildman–Crippen LogP) is 1.90. The maximum Gasteiger partial charge on any atom is 0.330 e. The number of esters is 1. The minimum Gasteiger partial charge on any atom is -0.467 e. The van der Waals surface area contributed by atoms with E-state index in [1.165, 1.54) is 7.11 Å². The molecule has 0 heterocycles. The first kappa shape index (κ1) is 18.9. The van der Waals surface area contributed by atoms with Crippen LogP contribution in [0.4, 0.5) is 0 Å². The molecule has 7 heteroatoms. The number of nitrogens with two attached hydrogens (primary N) is 2. The molecule has 2 rings (SSSR count). The molecule has 1 atom stereocenters. The minimum absolute atomic E-state index is 0.122. The lowest BCUT2D eigenvalue weighted by Crippen LogP contribution is -2.51. The van der Waals surface area contributed by atoms with Crippen molar-refractivity contribution >= 4 is 23.5 Å². The van der Waals surface area contributed by atoms with Gasteiger partial charge in [0.1, 0.15) is 6.04 Å². The average Bonchev–Trinajstić information content (AvgIpc) is 2.65. The number of ether oxygens (including phenoxy) is 1. The molecule has 0 radical (unpaired) electrons. The van der Waals surface area contributed by atoms with Crippen molar-refractivity contribution in [1.29, 1.82) is 0 Å². The molecule has 132 valence electrons. The SMILES string of the molecule is COC(=O)[C@H](Cc1ccccc1)N(N)C(=O)c1c(Cl)cccc1CN. The van der Waals surface area contributed by atoms with Gasteiger partial charge in [-0.15, -0.1) is 0 Å². The Labute approximate surface area is 151 Å². The van der Waals surface area contributed by atoms with Gasteiger partial charge >= 0.3 is 5.97 Å². The third-order valence-corrected chi connectivity index (χ3v) is 4.16. The lowest BCUT2D eigenvalue weighted by molar-refractivity contribution is -0.146. The van der Waals surface area contributed by atoms with Crippen LogP contribution in [0.15, 0.2) is 48.5 Å². The number of benzene rings is 2. The van der Waals surface area contributed by atoms with Crippen LogP contribution in [0.25, 0.3) is 0 Å². The Bertz CT molecular complexity index is 752. The Morgan fingerprint density at radius 2 is 1.84 bits per heavy atom. The second kappa shape index (κ2) is 8.62. The summed E-state index contributed by atoms with van der Waals surface area (Å²) < 4.78 is 4.81. The molecule has 25 heavy (non-hydrogen) atoms. The summed E-state index contributed by atoms with van der Waals surface area (Å²) in [5.41, 5.74) is 7.27. The largest absolute Gasteiger partial charge is 0.467 e. The molecule has 0 aliphatic rings. The summed E-state index contributed by atoms with van der Waals surface area (Å²) in [6, 6.07) is 13.2. The van der Waals surface area contributed by atoms with E-state index >= 15 is 0 Å². The van der Waals surface area contributed by atoms with Crippen LogP contribution in [-0.2, 0) is 22.5 Å². The highest BCUT2D eigenvalue weighted by atomic mass is 35.5. The molecule has 2 aromatic rings. The predicted molar refractivity (Wildman–Crippen MR) is 95.7 cm³/mol. The van der Waals surface area contributed by atoms with Crippen LogP contribution in [0, 0.1) is 0 Å². The fourth-order valence-electron chi connectivity index (χ4n) is 2.52. The van der Waals surface area contributed by atoms with Gasteiger partial charge in [-0.3, -0.25) is 9.80 Å². The van der Waals surface area contributed by atoms with Crippen LogP contribution in [0.5, 0.6) is 0 Å². The number of halogens is 1. The third kappa shape index (κ3) is 4.36. The number of amides is 1. The lowest BCUT2D eigenvalue weighted by atomic mass is 10.0. The molecule has 6 nitrogen and oxygen atoms in total. The number of methoxy groups -OCH3 is 1. The molecule has 4 N–H and O–H groups in total. The second-order valence-electron chi connectivity index (χ2n) is 5.42. The molecule has 1 amide bonds. The Balaban J connectivity index is 2.34. The standard InChI is InChI=1S/C18H20ClN3O3/c1-25-18(24)15(10-12-6-3-2-4-7-12)22(21)17(23)16-13(11-20)8-5-9-14(16)19/h2-9,15H,10-11,20-21H2,1H3/t15-/m0/s1. The van der Waals surface area contributed by atoms with Crippen molar-refractivity contribution in [1.82, 2.24) is 5.01 Å². The molecule has 0 fully saturated rings. The van der Waals surface area contributed by atoms with Gasteiger partial charge < -0.3 is 10.5 Å². The van der Waals surface area contributed by atoms with Gasteiger partial charge in [-0.05, 0) is 17.2 Å². The molecule has 0 aliphatic carbocycles. The number of hydrazine groups is 1. The zero-order chi connectivity index (χ0) is 18.4. The maximum atomic E-state index is 12.9. The first-order valence-corrected chi connectivity index (χ1v) is 8.04. The van der Waals surface area contributed by atoms with Crippen LogP contribution >= 0.6 is 11.6 Å². The number of nitrogens with zero attached hydrogens (tertiary/aromatic N) is 1. The van der Waals surface area contributed by atoms with Crippen molar-refractivity contribution in [3.63, 3.8) is 0 Å². The second-order valence-corrected chi connectivity index (χ2v) is 5.83. The topological polar surface area (TPSA) is 98.6 Å². The van der Waals surface area contributed by atoms with Crippen molar-refractivity contribution in [3.8, 4) is 0 Å². The van der Waals surface area contributed by atoms with Crippen molar-refractivity contribution in [2.45, 2.75) is 19.0 Å². The number of carbonyl (C=O) groups is 2. The van der Waals surface area contributed by atoms with Crippen LogP contribution < -0.4 is 11.6 Å². The molecule has 0 aromatic heterocycles. The van der Waals surface area contributed by atoms with E-state index in [0.29, 0.717) is 5.56 Å². The third-order valence-electron chi connectivity index (χ3n) is 3.85. The molecule has 0 bridgehead atoms. The summed E-state index contributed by atoms with van der Waals surface area (Å²) in [7, 11) is 1.25. The molecular weight excluding hydrogens is 342 g/mol. The van der Waals surface area contributed by atoms with Gasteiger partial charge in [-0.2, -0.15) is 0 Å².